The van der Waals surface area contributed by atoms with Crippen molar-refractivity contribution in [3.8, 4) is 23.2 Å². The first kappa shape index (κ1) is 18.8. The lowest BCUT2D eigenvalue weighted by atomic mass is 10.1. The first-order chi connectivity index (χ1) is 14.7. The molecule has 0 bridgehead atoms. The molecule has 1 aliphatic heterocycles. The van der Waals surface area contributed by atoms with E-state index in [1.165, 1.54) is 6.07 Å². The summed E-state index contributed by atoms with van der Waals surface area (Å²) < 4.78 is 22.0. The van der Waals surface area contributed by atoms with Crippen LogP contribution in [0.2, 0.25) is 0 Å². The monoisotopic (exact) mass is 407 g/mol. The number of methoxy groups -OCH3 is 1. The summed E-state index contributed by atoms with van der Waals surface area (Å²) in [7, 11) is 1.61. The van der Waals surface area contributed by atoms with Crippen LogP contribution in [0.5, 0.6) is 5.75 Å². The number of pyridine rings is 1. The number of nitrogens with zero attached hydrogens (tertiary/aromatic N) is 5. The number of nitrogens with one attached hydrogen (secondary N) is 2. The van der Waals surface area contributed by atoms with Crippen LogP contribution in [0.1, 0.15) is 42.9 Å². The molecule has 4 heterocycles. The van der Waals surface area contributed by atoms with E-state index in [1.807, 2.05) is 12.1 Å². The van der Waals surface area contributed by atoms with E-state index in [0.29, 0.717) is 28.8 Å². The van der Waals surface area contributed by atoms with E-state index in [-0.39, 0.29) is 17.3 Å². The lowest BCUT2D eigenvalue weighted by Crippen LogP contribution is -2.38. The van der Waals surface area contributed by atoms with Gasteiger partial charge in [-0.3, -0.25) is 0 Å². The number of nitriles is 1. The molecule has 0 amide bonds. The summed E-state index contributed by atoms with van der Waals surface area (Å²) in [4.78, 5) is 8.87. The minimum Gasteiger partial charge on any atom is -0.495 e. The standard InChI is InChI=1S/C21H22FN7O/c1-30-17-8-18-25-11-16(29(18)28-19(17)12-4-5-12)20-15(22)7-13(9-23)21(27-20)26-14-3-2-6-24-10-14/h7-8,11-12,14,24H,2-6,10H2,1H3,(H,26,27)/t14-/m1/s1. The summed E-state index contributed by atoms with van der Waals surface area (Å²) in [6.07, 6.45) is 5.68. The lowest BCUT2D eigenvalue weighted by molar-refractivity contribution is 0.405. The van der Waals surface area contributed by atoms with Crippen molar-refractivity contribution in [2.24, 2.45) is 0 Å². The van der Waals surface area contributed by atoms with E-state index < -0.39 is 5.82 Å². The third-order valence-electron chi connectivity index (χ3n) is 5.65. The highest BCUT2D eigenvalue weighted by Gasteiger charge is 2.30. The van der Waals surface area contributed by atoms with Gasteiger partial charge in [-0.1, -0.05) is 0 Å². The molecule has 1 saturated carbocycles. The smallest absolute Gasteiger partial charge is 0.157 e. The van der Waals surface area contributed by atoms with Gasteiger partial charge in [-0.05, 0) is 38.3 Å². The van der Waals surface area contributed by atoms with Crippen molar-refractivity contribution < 1.29 is 9.13 Å². The fraction of sp³-hybridized carbons (Fsp3) is 0.429. The van der Waals surface area contributed by atoms with Crippen LogP contribution >= 0.6 is 0 Å². The summed E-state index contributed by atoms with van der Waals surface area (Å²) in [5, 5.41) is 20.8. The molecule has 2 N–H and O–H groups in total. The molecule has 3 aromatic heterocycles. The molecule has 0 spiro atoms. The Balaban J connectivity index is 1.59. The number of ether oxygens (including phenoxy) is 1. The molecule has 8 nitrogen and oxygen atoms in total. The van der Waals surface area contributed by atoms with Crippen LogP contribution in [0.3, 0.4) is 0 Å². The Labute approximate surface area is 173 Å². The van der Waals surface area contributed by atoms with Crippen molar-refractivity contribution in [1.82, 2.24) is 24.9 Å². The van der Waals surface area contributed by atoms with Gasteiger partial charge in [0.1, 0.15) is 34.7 Å². The topological polar surface area (TPSA) is 100 Å². The number of fused-ring (bicyclic) bond motifs is 1. The minimum atomic E-state index is -0.578. The molecule has 0 radical (unpaired) electrons. The van der Waals surface area contributed by atoms with E-state index >= 15 is 0 Å². The van der Waals surface area contributed by atoms with Crippen LogP contribution in [0.15, 0.2) is 18.3 Å². The normalized spacial score (nSPS) is 18.9. The fourth-order valence-corrected chi connectivity index (χ4v) is 3.91. The molecule has 154 valence electrons. The summed E-state index contributed by atoms with van der Waals surface area (Å²) >= 11 is 0. The number of imidazole rings is 1. The fourth-order valence-electron chi connectivity index (χ4n) is 3.91. The zero-order valence-corrected chi connectivity index (χ0v) is 16.7. The van der Waals surface area contributed by atoms with Crippen molar-refractivity contribution in [2.75, 3.05) is 25.5 Å². The zero-order chi connectivity index (χ0) is 20.7. The highest BCUT2D eigenvalue weighted by molar-refractivity contribution is 5.66. The Morgan fingerprint density at radius 2 is 2.20 bits per heavy atom. The SMILES string of the molecule is COc1cc2ncc(-c3nc(N[C@@H]4CCCNC4)c(C#N)cc3F)n2nc1C1CC1. The largest absolute Gasteiger partial charge is 0.495 e. The highest BCUT2D eigenvalue weighted by Crippen LogP contribution is 2.43. The molecule has 9 heteroatoms. The van der Waals surface area contributed by atoms with Gasteiger partial charge in [-0.15, -0.1) is 0 Å². The Hall–Kier alpha value is -3.25. The van der Waals surface area contributed by atoms with Gasteiger partial charge in [0.2, 0.25) is 0 Å². The van der Waals surface area contributed by atoms with Crippen LogP contribution in [0, 0.1) is 17.1 Å². The van der Waals surface area contributed by atoms with Gasteiger partial charge in [-0.25, -0.2) is 18.9 Å². The second-order valence-corrected chi connectivity index (χ2v) is 7.80. The average Bonchev–Trinajstić information content (AvgIpc) is 3.54. The molecule has 0 aromatic carbocycles. The van der Waals surface area contributed by atoms with Crippen molar-refractivity contribution >= 4 is 11.5 Å². The maximum absolute atomic E-state index is 15.0. The Morgan fingerprint density at radius 1 is 1.33 bits per heavy atom. The van der Waals surface area contributed by atoms with Crippen molar-refractivity contribution in [1.29, 1.82) is 5.26 Å². The highest BCUT2D eigenvalue weighted by atomic mass is 19.1. The van der Waals surface area contributed by atoms with Crippen LogP contribution in [0.4, 0.5) is 10.2 Å². The van der Waals surface area contributed by atoms with Crippen LogP contribution in [-0.2, 0) is 0 Å². The molecule has 30 heavy (non-hydrogen) atoms. The van der Waals surface area contributed by atoms with E-state index in [0.717, 1.165) is 44.5 Å². The Morgan fingerprint density at radius 3 is 2.90 bits per heavy atom. The molecule has 1 aliphatic carbocycles. The van der Waals surface area contributed by atoms with Crippen LogP contribution in [0.25, 0.3) is 17.0 Å². The van der Waals surface area contributed by atoms with Gasteiger partial charge in [0.15, 0.2) is 11.5 Å². The van der Waals surface area contributed by atoms with Gasteiger partial charge >= 0.3 is 0 Å². The third-order valence-corrected chi connectivity index (χ3v) is 5.65. The Bertz CT molecular complexity index is 1140. The predicted octanol–water partition coefficient (Wildman–Crippen LogP) is 2.85. The number of aromatic nitrogens is 4. The van der Waals surface area contributed by atoms with Crippen LogP contribution in [-0.4, -0.2) is 45.8 Å². The molecule has 3 aromatic rings. The van der Waals surface area contributed by atoms with Crippen molar-refractivity contribution in [2.45, 2.75) is 37.6 Å². The quantitative estimate of drug-likeness (QED) is 0.671. The number of hydrogen-bond acceptors (Lipinski definition) is 7. The molecule has 2 fully saturated rings. The van der Waals surface area contributed by atoms with Gasteiger partial charge in [0.05, 0.1) is 18.9 Å². The second kappa shape index (κ2) is 7.54. The van der Waals surface area contributed by atoms with Crippen molar-refractivity contribution in [3.63, 3.8) is 0 Å². The Kier molecular flexibility index (Phi) is 4.71. The summed E-state index contributed by atoms with van der Waals surface area (Å²) in [6, 6.07) is 5.23. The summed E-state index contributed by atoms with van der Waals surface area (Å²) in [5.74, 6) is 0.858. The number of anilines is 1. The zero-order valence-electron chi connectivity index (χ0n) is 16.7. The summed E-state index contributed by atoms with van der Waals surface area (Å²) in [6.45, 7) is 1.76. The van der Waals surface area contributed by atoms with E-state index in [9.17, 15) is 9.65 Å². The molecular weight excluding hydrogens is 385 g/mol. The van der Waals surface area contributed by atoms with E-state index in [1.54, 1.807) is 17.8 Å². The number of piperidine rings is 1. The molecule has 1 saturated heterocycles. The lowest BCUT2D eigenvalue weighted by Gasteiger charge is -2.24. The van der Waals surface area contributed by atoms with Gasteiger partial charge in [-0.2, -0.15) is 10.4 Å². The van der Waals surface area contributed by atoms with Gasteiger partial charge in [0.25, 0.3) is 0 Å². The first-order valence-electron chi connectivity index (χ1n) is 10.2. The molecule has 0 unspecified atom stereocenters. The third kappa shape index (κ3) is 3.33. The van der Waals surface area contributed by atoms with E-state index in [2.05, 4.69) is 20.6 Å². The van der Waals surface area contributed by atoms with E-state index in [4.69, 9.17) is 9.84 Å². The number of hydrogen-bond donors (Lipinski definition) is 2. The molecule has 5 rings (SSSR count). The van der Waals surface area contributed by atoms with Crippen molar-refractivity contribution in [3.05, 3.63) is 35.4 Å². The minimum absolute atomic E-state index is 0.118. The first-order valence-corrected chi connectivity index (χ1v) is 10.2. The number of rotatable bonds is 5. The molecule has 1 atom stereocenters. The summed E-state index contributed by atoms with van der Waals surface area (Å²) in [5.41, 5.74) is 2.16. The predicted molar refractivity (Wildman–Crippen MR) is 109 cm³/mol. The second-order valence-electron chi connectivity index (χ2n) is 7.80. The molecule has 2 aliphatic rings. The van der Waals surface area contributed by atoms with Crippen LogP contribution < -0.4 is 15.4 Å². The maximum atomic E-state index is 15.0. The van der Waals surface area contributed by atoms with Gasteiger partial charge < -0.3 is 15.4 Å². The molecular formula is C21H22FN7O. The maximum Gasteiger partial charge on any atom is 0.157 e. The van der Waals surface area contributed by atoms with Gasteiger partial charge in [0, 0.05) is 24.6 Å². The number of halogens is 1. The average molecular weight is 407 g/mol.